The van der Waals surface area contributed by atoms with Gasteiger partial charge in [-0.05, 0) is 55.2 Å². The van der Waals surface area contributed by atoms with Gasteiger partial charge in [0.1, 0.15) is 5.75 Å². The van der Waals surface area contributed by atoms with E-state index in [1.54, 1.807) is 13.3 Å². The standard InChI is InChI=1S/C20H22N2O3/c1-14-5-3-7-16(11-14)22-20-21-13-19(25-20)17-12-15(6-4-10-23)8-9-18(17)24-2/h3,5,7-9,11-13,23H,4,6,10H2,1-2H3,(H,21,22). The van der Waals surface area contributed by atoms with Crippen molar-refractivity contribution in [3.8, 4) is 17.1 Å². The first-order chi connectivity index (χ1) is 12.2. The Bertz CT molecular complexity index is 842. The molecule has 130 valence electrons. The molecule has 0 atom stereocenters. The van der Waals surface area contributed by atoms with Crippen molar-refractivity contribution in [1.29, 1.82) is 0 Å². The third-order valence-corrected chi connectivity index (χ3v) is 3.93. The van der Waals surface area contributed by atoms with Crippen molar-refractivity contribution >= 4 is 11.7 Å². The van der Waals surface area contributed by atoms with Crippen LogP contribution in [0.5, 0.6) is 5.75 Å². The molecular weight excluding hydrogens is 316 g/mol. The molecule has 0 spiro atoms. The van der Waals surface area contributed by atoms with Crippen LogP contribution in [0.3, 0.4) is 0 Å². The molecule has 1 heterocycles. The van der Waals surface area contributed by atoms with Crippen molar-refractivity contribution in [1.82, 2.24) is 4.98 Å². The zero-order chi connectivity index (χ0) is 17.6. The van der Waals surface area contributed by atoms with Gasteiger partial charge in [-0.1, -0.05) is 18.2 Å². The van der Waals surface area contributed by atoms with Crippen LogP contribution in [0.15, 0.2) is 53.1 Å². The van der Waals surface area contributed by atoms with E-state index in [0.717, 1.165) is 41.0 Å². The number of hydrogen-bond acceptors (Lipinski definition) is 5. The largest absolute Gasteiger partial charge is 0.496 e. The topological polar surface area (TPSA) is 67.5 Å². The van der Waals surface area contributed by atoms with Crippen LogP contribution in [0, 0.1) is 6.92 Å². The summed E-state index contributed by atoms with van der Waals surface area (Å²) in [5, 5.41) is 12.2. The van der Waals surface area contributed by atoms with Crippen LogP contribution in [0.4, 0.5) is 11.7 Å². The second-order valence-corrected chi connectivity index (χ2v) is 5.89. The Hall–Kier alpha value is -2.79. The summed E-state index contributed by atoms with van der Waals surface area (Å²) in [6.07, 6.45) is 3.21. The number of anilines is 2. The molecule has 0 amide bonds. The van der Waals surface area contributed by atoms with Crippen molar-refractivity contribution in [2.75, 3.05) is 19.0 Å². The smallest absolute Gasteiger partial charge is 0.299 e. The van der Waals surface area contributed by atoms with Gasteiger partial charge >= 0.3 is 0 Å². The van der Waals surface area contributed by atoms with Crippen molar-refractivity contribution in [3.05, 3.63) is 59.8 Å². The minimum absolute atomic E-state index is 0.175. The van der Waals surface area contributed by atoms with E-state index in [-0.39, 0.29) is 6.61 Å². The number of oxazole rings is 1. The zero-order valence-electron chi connectivity index (χ0n) is 14.5. The van der Waals surface area contributed by atoms with Gasteiger partial charge in [0.05, 0.1) is 18.9 Å². The highest BCUT2D eigenvalue weighted by molar-refractivity contribution is 5.67. The molecule has 0 aliphatic heterocycles. The van der Waals surface area contributed by atoms with E-state index in [2.05, 4.69) is 10.3 Å². The Labute approximate surface area is 147 Å². The second-order valence-electron chi connectivity index (χ2n) is 5.89. The van der Waals surface area contributed by atoms with E-state index in [1.807, 2.05) is 49.4 Å². The van der Waals surface area contributed by atoms with Gasteiger partial charge < -0.3 is 19.6 Å². The first-order valence-electron chi connectivity index (χ1n) is 8.27. The average molecular weight is 338 g/mol. The number of hydrogen-bond donors (Lipinski definition) is 2. The first-order valence-corrected chi connectivity index (χ1v) is 8.27. The maximum atomic E-state index is 9.02. The molecule has 5 heteroatoms. The second kappa shape index (κ2) is 7.85. The minimum Gasteiger partial charge on any atom is -0.496 e. The van der Waals surface area contributed by atoms with Gasteiger partial charge in [0, 0.05) is 12.3 Å². The molecular formula is C20H22N2O3. The zero-order valence-corrected chi connectivity index (χ0v) is 14.5. The molecule has 0 aliphatic carbocycles. The molecule has 0 bridgehead atoms. The fraction of sp³-hybridized carbons (Fsp3) is 0.250. The summed E-state index contributed by atoms with van der Waals surface area (Å²) < 4.78 is 11.3. The van der Waals surface area contributed by atoms with Crippen molar-refractivity contribution in [3.63, 3.8) is 0 Å². The van der Waals surface area contributed by atoms with Crippen molar-refractivity contribution < 1.29 is 14.3 Å². The lowest BCUT2D eigenvalue weighted by atomic mass is 10.0. The summed E-state index contributed by atoms with van der Waals surface area (Å²) >= 11 is 0. The third-order valence-electron chi connectivity index (χ3n) is 3.93. The van der Waals surface area contributed by atoms with Crippen LogP contribution in [0.2, 0.25) is 0 Å². The maximum absolute atomic E-state index is 9.02. The normalized spacial score (nSPS) is 10.7. The number of aryl methyl sites for hydroxylation is 2. The van der Waals surface area contributed by atoms with Gasteiger partial charge in [-0.3, -0.25) is 0 Å². The molecule has 0 fully saturated rings. The van der Waals surface area contributed by atoms with Crippen LogP contribution >= 0.6 is 0 Å². The molecule has 0 unspecified atom stereocenters. The van der Waals surface area contributed by atoms with Gasteiger partial charge in [-0.2, -0.15) is 0 Å². The molecule has 0 saturated carbocycles. The van der Waals surface area contributed by atoms with Gasteiger partial charge in [-0.25, -0.2) is 4.98 Å². The molecule has 1 aromatic heterocycles. The van der Waals surface area contributed by atoms with Crippen LogP contribution in [-0.4, -0.2) is 23.8 Å². The monoisotopic (exact) mass is 338 g/mol. The minimum atomic E-state index is 0.175. The van der Waals surface area contributed by atoms with Gasteiger partial charge in [0.2, 0.25) is 0 Å². The number of aliphatic hydroxyl groups is 1. The number of aromatic nitrogens is 1. The van der Waals surface area contributed by atoms with Crippen LogP contribution in [0.1, 0.15) is 17.5 Å². The summed E-state index contributed by atoms with van der Waals surface area (Å²) in [6.45, 7) is 2.21. The van der Waals surface area contributed by atoms with E-state index < -0.39 is 0 Å². The third kappa shape index (κ3) is 4.19. The number of methoxy groups -OCH3 is 1. The number of rotatable bonds is 7. The van der Waals surface area contributed by atoms with Gasteiger partial charge in [0.25, 0.3) is 6.01 Å². The van der Waals surface area contributed by atoms with Crippen LogP contribution in [-0.2, 0) is 6.42 Å². The Kier molecular flexibility index (Phi) is 5.36. The number of benzene rings is 2. The molecule has 3 rings (SSSR count). The van der Waals surface area contributed by atoms with Gasteiger partial charge in [0.15, 0.2) is 5.76 Å². The summed E-state index contributed by atoms with van der Waals surface area (Å²) in [7, 11) is 1.63. The van der Waals surface area contributed by atoms with Crippen LogP contribution in [0.25, 0.3) is 11.3 Å². The Balaban J connectivity index is 1.85. The number of nitrogens with one attached hydrogen (secondary N) is 1. The molecule has 0 saturated heterocycles. The average Bonchev–Trinajstić information content (AvgIpc) is 3.08. The van der Waals surface area contributed by atoms with Crippen molar-refractivity contribution in [2.24, 2.45) is 0 Å². The predicted octanol–water partition coefficient (Wildman–Crippen LogP) is 4.33. The predicted molar refractivity (Wildman–Crippen MR) is 98.4 cm³/mol. The Morgan fingerprint density at radius 3 is 2.84 bits per heavy atom. The molecule has 0 radical (unpaired) electrons. The van der Waals surface area contributed by atoms with E-state index >= 15 is 0 Å². The lowest BCUT2D eigenvalue weighted by Crippen LogP contribution is -1.93. The number of nitrogens with zero attached hydrogens (tertiary/aromatic N) is 1. The molecule has 3 aromatic rings. The first kappa shape index (κ1) is 17.0. The molecule has 25 heavy (non-hydrogen) atoms. The molecule has 2 aromatic carbocycles. The summed E-state index contributed by atoms with van der Waals surface area (Å²) in [5.41, 5.74) is 4.06. The molecule has 5 nitrogen and oxygen atoms in total. The Morgan fingerprint density at radius 1 is 1.20 bits per heavy atom. The lowest BCUT2D eigenvalue weighted by molar-refractivity contribution is 0.288. The number of ether oxygens (including phenoxy) is 1. The SMILES string of the molecule is COc1ccc(CCCO)cc1-c1cnc(Nc2cccc(C)c2)o1. The molecule has 2 N–H and O–H groups in total. The quantitative estimate of drug-likeness (QED) is 0.671. The van der Waals surface area contributed by atoms with E-state index in [1.165, 1.54) is 0 Å². The highest BCUT2D eigenvalue weighted by Crippen LogP contribution is 2.33. The highest BCUT2D eigenvalue weighted by Gasteiger charge is 2.13. The van der Waals surface area contributed by atoms with Gasteiger partial charge in [-0.15, -0.1) is 0 Å². The number of aliphatic hydroxyl groups excluding tert-OH is 1. The Morgan fingerprint density at radius 2 is 2.08 bits per heavy atom. The lowest BCUT2D eigenvalue weighted by Gasteiger charge is -2.08. The van der Waals surface area contributed by atoms with E-state index in [0.29, 0.717) is 11.8 Å². The summed E-state index contributed by atoms with van der Waals surface area (Å²) in [5.74, 6) is 1.36. The fourth-order valence-corrected chi connectivity index (χ4v) is 2.69. The van der Waals surface area contributed by atoms with E-state index in [4.69, 9.17) is 14.3 Å². The fourth-order valence-electron chi connectivity index (χ4n) is 2.69. The molecule has 0 aliphatic rings. The highest BCUT2D eigenvalue weighted by atomic mass is 16.5. The maximum Gasteiger partial charge on any atom is 0.299 e. The van der Waals surface area contributed by atoms with Crippen LogP contribution < -0.4 is 10.1 Å². The van der Waals surface area contributed by atoms with Crippen molar-refractivity contribution in [2.45, 2.75) is 19.8 Å². The summed E-state index contributed by atoms with van der Waals surface area (Å²) in [4.78, 5) is 4.31. The summed E-state index contributed by atoms with van der Waals surface area (Å²) in [6, 6.07) is 14.4. The van der Waals surface area contributed by atoms with E-state index in [9.17, 15) is 0 Å².